The summed E-state index contributed by atoms with van der Waals surface area (Å²) in [4.78, 5) is 0. The molecule has 0 aromatic carbocycles. The van der Waals surface area contributed by atoms with E-state index in [1.807, 2.05) is 0 Å². The van der Waals surface area contributed by atoms with Gasteiger partial charge in [-0.3, -0.25) is 0 Å². The summed E-state index contributed by atoms with van der Waals surface area (Å²) in [6, 6.07) is 0. The number of hydrogen-bond acceptors (Lipinski definition) is 2. The van der Waals surface area contributed by atoms with Crippen LogP contribution >= 0.6 is 0 Å². The summed E-state index contributed by atoms with van der Waals surface area (Å²) in [5, 5.41) is 0. The van der Waals surface area contributed by atoms with Gasteiger partial charge in [0, 0.05) is 18.6 Å². The Morgan fingerprint density at radius 3 is 2.46 bits per heavy atom. The molecule has 1 atom stereocenters. The highest BCUT2D eigenvalue weighted by molar-refractivity contribution is 4.85. The van der Waals surface area contributed by atoms with Crippen molar-refractivity contribution >= 4 is 0 Å². The fraction of sp³-hybridized carbons (Fsp3) is 1.00. The second-order valence-electron chi connectivity index (χ2n) is 5.57. The highest BCUT2D eigenvalue weighted by Gasteiger charge is 2.34. The molecule has 13 heavy (non-hydrogen) atoms. The molecule has 1 unspecified atom stereocenters. The molecule has 78 valence electrons. The Hall–Kier alpha value is -0.0800. The van der Waals surface area contributed by atoms with E-state index in [1.165, 1.54) is 12.8 Å². The summed E-state index contributed by atoms with van der Waals surface area (Å²) < 4.78 is 5.44. The molecule has 1 aliphatic rings. The van der Waals surface area contributed by atoms with Crippen molar-refractivity contribution in [3.05, 3.63) is 0 Å². The van der Waals surface area contributed by atoms with E-state index >= 15 is 0 Å². The van der Waals surface area contributed by atoms with Crippen LogP contribution in [-0.2, 0) is 4.74 Å². The van der Waals surface area contributed by atoms with E-state index in [2.05, 4.69) is 20.8 Å². The molecular formula is C11H23NO. The molecule has 0 saturated carbocycles. The van der Waals surface area contributed by atoms with Gasteiger partial charge in [0.05, 0.1) is 6.61 Å². The third-order valence-electron chi connectivity index (χ3n) is 3.02. The molecule has 1 heterocycles. The lowest BCUT2D eigenvalue weighted by Crippen LogP contribution is -2.32. The molecule has 0 bridgehead atoms. The normalized spacial score (nSPS) is 29.5. The zero-order chi connectivity index (χ0) is 9.95. The van der Waals surface area contributed by atoms with Crippen LogP contribution in [0.25, 0.3) is 0 Å². The topological polar surface area (TPSA) is 35.2 Å². The Morgan fingerprint density at radius 2 is 2.08 bits per heavy atom. The van der Waals surface area contributed by atoms with Gasteiger partial charge < -0.3 is 10.5 Å². The second-order valence-corrected chi connectivity index (χ2v) is 5.57. The third-order valence-corrected chi connectivity index (χ3v) is 3.02. The minimum atomic E-state index is 0.299. The molecule has 0 aromatic rings. The molecule has 2 N–H and O–H groups in total. The number of nitrogens with two attached hydrogens (primary N) is 1. The van der Waals surface area contributed by atoms with Gasteiger partial charge in [-0.25, -0.2) is 0 Å². The SMILES string of the molecule is CC(C)(C)CCC1(CN)CCOC1. The molecule has 2 nitrogen and oxygen atoms in total. The van der Waals surface area contributed by atoms with E-state index < -0.39 is 0 Å². The van der Waals surface area contributed by atoms with Gasteiger partial charge in [-0.15, -0.1) is 0 Å². The summed E-state index contributed by atoms with van der Waals surface area (Å²) in [5.41, 5.74) is 6.54. The van der Waals surface area contributed by atoms with Crippen LogP contribution in [0.2, 0.25) is 0 Å². The maximum atomic E-state index is 5.82. The van der Waals surface area contributed by atoms with Gasteiger partial charge in [-0.1, -0.05) is 20.8 Å². The van der Waals surface area contributed by atoms with E-state index in [-0.39, 0.29) is 0 Å². The fourth-order valence-electron chi connectivity index (χ4n) is 1.75. The van der Waals surface area contributed by atoms with Gasteiger partial charge in [0.15, 0.2) is 0 Å². The molecular weight excluding hydrogens is 162 g/mol. The zero-order valence-electron chi connectivity index (χ0n) is 9.23. The summed E-state index contributed by atoms with van der Waals surface area (Å²) >= 11 is 0. The average molecular weight is 185 g/mol. The minimum Gasteiger partial charge on any atom is -0.381 e. The lowest BCUT2D eigenvalue weighted by Gasteiger charge is -2.29. The van der Waals surface area contributed by atoms with Crippen molar-refractivity contribution in [1.29, 1.82) is 0 Å². The number of hydrogen-bond donors (Lipinski definition) is 1. The van der Waals surface area contributed by atoms with Gasteiger partial charge >= 0.3 is 0 Å². The molecule has 1 rings (SSSR count). The third kappa shape index (κ3) is 3.28. The maximum Gasteiger partial charge on any atom is 0.0535 e. The average Bonchev–Trinajstić information content (AvgIpc) is 2.49. The molecule has 0 radical (unpaired) electrons. The van der Waals surface area contributed by atoms with Crippen LogP contribution in [0, 0.1) is 10.8 Å². The van der Waals surface area contributed by atoms with Crippen molar-refractivity contribution in [3.63, 3.8) is 0 Å². The second kappa shape index (κ2) is 3.97. The summed E-state index contributed by atoms with van der Waals surface area (Å²) in [6.45, 7) is 9.41. The van der Waals surface area contributed by atoms with Gasteiger partial charge in [0.1, 0.15) is 0 Å². The quantitative estimate of drug-likeness (QED) is 0.731. The van der Waals surface area contributed by atoms with Crippen LogP contribution in [-0.4, -0.2) is 19.8 Å². The Morgan fingerprint density at radius 1 is 1.38 bits per heavy atom. The Labute approximate surface area is 81.8 Å². The first-order valence-electron chi connectivity index (χ1n) is 5.25. The molecule has 1 saturated heterocycles. The van der Waals surface area contributed by atoms with Crippen LogP contribution in [0.3, 0.4) is 0 Å². The first kappa shape index (κ1) is 11.0. The Kier molecular flexibility index (Phi) is 3.36. The van der Waals surface area contributed by atoms with Crippen LogP contribution in [0.5, 0.6) is 0 Å². The zero-order valence-corrected chi connectivity index (χ0v) is 9.23. The van der Waals surface area contributed by atoms with Gasteiger partial charge in [-0.05, 0) is 24.7 Å². The lowest BCUT2D eigenvalue weighted by molar-refractivity contribution is 0.139. The van der Waals surface area contributed by atoms with Crippen molar-refractivity contribution in [2.45, 2.75) is 40.0 Å². The summed E-state index contributed by atoms with van der Waals surface area (Å²) in [7, 11) is 0. The summed E-state index contributed by atoms with van der Waals surface area (Å²) in [5.74, 6) is 0. The van der Waals surface area contributed by atoms with Crippen LogP contribution < -0.4 is 5.73 Å². The van der Waals surface area contributed by atoms with E-state index in [0.29, 0.717) is 10.8 Å². The highest BCUT2D eigenvalue weighted by Crippen LogP contribution is 2.36. The highest BCUT2D eigenvalue weighted by atomic mass is 16.5. The molecule has 0 amide bonds. The Balaban J connectivity index is 2.40. The molecule has 2 heteroatoms. The molecule has 0 spiro atoms. The van der Waals surface area contributed by atoms with Gasteiger partial charge in [0.2, 0.25) is 0 Å². The predicted molar refractivity (Wildman–Crippen MR) is 55.6 cm³/mol. The number of ether oxygens (including phenoxy) is 1. The van der Waals surface area contributed by atoms with Crippen molar-refractivity contribution in [2.75, 3.05) is 19.8 Å². The van der Waals surface area contributed by atoms with Crippen LogP contribution in [0.4, 0.5) is 0 Å². The van der Waals surface area contributed by atoms with E-state index in [9.17, 15) is 0 Å². The Bertz CT molecular complexity index is 154. The number of rotatable bonds is 3. The van der Waals surface area contributed by atoms with Crippen LogP contribution in [0.15, 0.2) is 0 Å². The van der Waals surface area contributed by atoms with Crippen molar-refractivity contribution in [1.82, 2.24) is 0 Å². The molecule has 0 aromatic heterocycles. The molecule has 0 aliphatic carbocycles. The van der Waals surface area contributed by atoms with Gasteiger partial charge in [-0.2, -0.15) is 0 Å². The van der Waals surface area contributed by atoms with E-state index in [1.54, 1.807) is 0 Å². The first-order chi connectivity index (χ1) is 5.97. The van der Waals surface area contributed by atoms with Crippen LogP contribution in [0.1, 0.15) is 40.0 Å². The van der Waals surface area contributed by atoms with E-state index in [4.69, 9.17) is 10.5 Å². The standard InChI is InChI=1S/C11H23NO/c1-10(2,3)4-5-11(8-12)6-7-13-9-11/h4-9,12H2,1-3H3. The molecule has 1 fully saturated rings. The fourth-order valence-corrected chi connectivity index (χ4v) is 1.75. The van der Waals surface area contributed by atoms with Crippen molar-refractivity contribution < 1.29 is 4.74 Å². The van der Waals surface area contributed by atoms with Crippen molar-refractivity contribution in [3.8, 4) is 0 Å². The van der Waals surface area contributed by atoms with E-state index in [0.717, 1.165) is 26.2 Å². The predicted octanol–water partition coefficient (Wildman–Crippen LogP) is 2.18. The maximum absolute atomic E-state index is 5.82. The first-order valence-corrected chi connectivity index (χ1v) is 5.25. The summed E-state index contributed by atoms with van der Waals surface area (Å²) in [6.07, 6.45) is 3.61. The largest absolute Gasteiger partial charge is 0.381 e. The molecule has 1 aliphatic heterocycles. The lowest BCUT2D eigenvalue weighted by atomic mass is 9.77. The smallest absolute Gasteiger partial charge is 0.0535 e. The van der Waals surface area contributed by atoms with Gasteiger partial charge in [0.25, 0.3) is 0 Å². The monoisotopic (exact) mass is 185 g/mol. The minimum absolute atomic E-state index is 0.299. The van der Waals surface area contributed by atoms with Crippen molar-refractivity contribution in [2.24, 2.45) is 16.6 Å².